The zero-order chi connectivity index (χ0) is 14.0. The molecule has 1 fully saturated rings. The van der Waals surface area contributed by atoms with Gasteiger partial charge in [0.05, 0.1) is 0 Å². The molecule has 0 radical (unpaired) electrons. The van der Waals surface area contributed by atoms with Crippen molar-refractivity contribution in [1.29, 1.82) is 0 Å². The summed E-state index contributed by atoms with van der Waals surface area (Å²) in [4.78, 5) is 3.84. The van der Waals surface area contributed by atoms with E-state index < -0.39 is 10.0 Å². The minimum atomic E-state index is -3.63. The summed E-state index contributed by atoms with van der Waals surface area (Å²) in [5.74, 6) is 0.197. The first-order valence-corrected chi connectivity index (χ1v) is 8.21. The van der Waals surface area contributed by atoms with Crippen LogP contribution in [0.1, 0.15) is 25.7 Å². The molecule has 1 aromatic heterocycles. The van der Waals surface area contributed by atoms with Crippen LogP contribution < -0.4 is 10.5 Å². The van der Waals surface area contributed by atoms with Gasteiger partial charge in [-0.15, -0.1) is 0 Å². The summed E-state index contributed by atoms with van der Waals surface area (Å²) in [6, 6.07) is -0.107. The van der Waals surface area contributed by atoms with Crippen LogP contribution in [0, 0.1) is 5.92 Å². The quantitative estimate of drug-likeness (QED) is 0.863. The van der Waals surface area contributed by atoms with Gasteiger partial charge < -0.3 is 10.3 Å². The first kappa shape index (κ1) is 14.8. The summed E-state index contributed by atoms with van der Waals surface area (Å²) in [6.07, 6.45) is 5.32. The molecule has 1 aromatic rings. The van der Waals surface area contributed by atoms with Gasteiger partial charge in [-0.25, -0.2) is 18.1 Å². The molecule has 0 bridgehead atoms. The Balaban J connectivity index is 2.16. The van der Waals surface area contributed by atoms with Gasteiger partial charge in [-0.2, -0.15) is 0 Å². The Kier molecular flexibility index (Phi) is 4.50. The zero-order valence-corrected chi connectivity index (χ0v) is 12.4. The Hall–Kier alpha value is -0.630. The van der Waals surface area contributed by atoms with E-state index in [2.05, 4.69) is 9.71 Å². The van der Waals surface area contributed by atoms with E-state index in [-0.39, 0.29) is 22.3 Å². The molecule has 0 saturated heterocycles. The molecular formula is C11H19ClN4O2S. The van der Waals surface area contributed by atoms with Gasteiger partial charge in [0.1, 0.15) is 0 Å². The predicted molar refractivity (Wildman–Crippen MR) is 73.3 cm³/mol. The minimum absolute atomic E-state index is 0.0404. The highest BCUT2D eigenvalue weighted by Crippen LogP contribution is 2.25. The number of hydrogen-bond acceptors (Lipinski definition) is 4. The molecule has 0 aliphatic heterocycles. The van der Waals surface area contributed by atoms with E-state index in [4.69, 9.17) is 17.3 Å². The molecule has 19 heavy (non-hydrogen) atoms. The molecule has 108 valence electrons. The standard InChI is InChI=1S/C11H19ClN4O2S/c1-16-7-10(14-11(16)12)19(17,18)15-9-5-3-2-4-8(9)6-13/h7-9,15H,2-6,13H2,1H3. The van der Waals surface area contributed by atoms with Crippen molar-refractivity contribution < 1.29 is 8.42 Å². The highest BCUT2D eigenvalue weighted by atomic mass is 35.5. The lowest BCUT2D eigenvalue weighted by Crippen LogP contribution is -2.44. The van der Waals surface area contributed by atoms with Crippen molar-refractivity contribution in [1.82, 2.24) is 14.3 Å². The second-order valence-corrected chi connectivity index (χ2v) is 6.97. The van der Waals surface area contributed by atoms with Gasteiger partial charge >= 0.3 is 0 Å². The molecular weight excluding hydrogens is 288 g/mol. The number of rotatable bonds is 4. The molecule has 1 aliphatic carbocycles. The summed E-state index contributed by atoms with van der Waals surface area (Å²) in [7, 11) is -1.98. The molecule has 8 heteroatoms. The van der Waals surface area contributed by atoms with Crippen LogP contribution in [0.4, 0.5) is 0 Å². The topological polar surface area (TPSA) is 90.0 Å². The third-order valence-electron chi connectivity index (χ3n) is 3.59. The van der Waals surface area contributed by atoms with Gasteiger partial charge in [0.2, 0.25) is 5.28 Å². The first-order chi connectivity index (χ1) is 8.94. The fourth-order valence-electron chi connectivity index (χ4n) is 2.45. The SMILES string of the molecule is Cn1cc(S(=O)(=O)NC2CCCCC2CN)nc1Cl. The Bertz CT molecular complexity index is 523. The molecule has 0 aromatic carbocycles. The van der Waals surface area contributed by atoms with Crippen LogP contribution in [0.15, 0.2) is 11.2 Å². The number of sulfonamides is 1. The predicted octanol–water partition coefficient (Wildman–Crippen LogP) is 0.869. The normalized spacial score (nSPS) is 24.6. The largest absolute Gasteiger partial charge is 0.330 e. The second-order valence-electron chi connectivity index (χ2n) is 4.97. The molecule has 2 unspecified atom stereocenters. The van der Waals surface area contributed by atoms with Crippen LogP contribution in [0.3, 0.4) is 0 Å². The van der Waals surface area contributed by atoms with Crippen molar-refractivity contribution in [3.8, 4) is 0 Å². The third kappa shape index (κ3) is 3.28. The summed E-state index contributed by atoms with van der Waals surface area (Å²) >= 11 is 5.77. The number of hydrogen-bond donors (Lipinski definition) is 2. The average molecular weight is 307 g/mol. The molecule has 1 saturated carbocycles. The number of halogens is 1. The molecule has 2 rings (SSSR count). The molecule has 1 heterocycles. The van der Waals surface area contributed by atoms with Crippen molar-refractivity contribution in [2.45, 2.75) is 36.8 Å². The monoisotopic (exact) mass is 306 g/mol. The van der Waals surface area contributed by atoms with E-state index in [1.165, 1.54) is 10.8 Å². The van der Waals surface area contributed by atoms with Crippen molar-refractivity contribution >= 4 is 21.6 Å². The van der Waals surface area contributed by atoms with Gasteiger partial charge in [-0.1, -0.05) is 12.8 Å². The van der Waals surface area contributed by atoms with E-state index in [0.29, 0.717) is 6.54 Å². The van der Waals surface area contributed by atoms with Crippen molar-refractivity contribution in [3.05, 3.63) is 11.5 Å². The van der Waals surface area contributed by atoms with E-state index in [0.717, 1.165) is 25.7 Å². The van der Waals surface area contributed by atoms with Gasteiger partial charge in [-0.05, 0) is 36.9 Å². The minimum Gasteiger partial charge on any atom is -0.330 e. The number of nitrogens with zero attached hydrogens (tertiary/aromatic N) is 2. The number of imidazole rings is 1. The number of aryl methyl sites for hydroxylation is 1. The van der Waals surface area contributed by atoms with Crippen molar-refractivity contribution in [3.63, 3.8) is 0 Å². The summed E-state index contributed by atoms with van der Waals surface area (Å²) in [6.45, 7) is 0.496. The maximum atomic E-state index is 12.2. The lowest BCUT2D eigenvalue weighted by molar-refractivity contribution is 0.296. The molecule has 1 aliphatic rings. The highest BCUT2D eigenvalue weighted by Gasteiger charge is 2.29. The van der Waals surface area contributed by atoms with Gasteiger partial charge in [0, 0.05) is 19.3 Å². The van der Waals surface area contributed by atoms with Crippen LogP contribution >= 0.6 is 11.6 Å². The van der Waals surface area contributed by atoms with Gasteiger partial charge in [0.25, 0.3) is 10.0 Å². The molecule has 2 atom stereocenters. The lowest BCUT2D eigenvalue weighted by Gasteiger charge is -2.30. The maximum Gasteiger partial charge on any atom is 0.259 e. The van der Waals surface area contributed by atoms with Crippen molar-refractivity contribution in [2.24, 2.45) is 18.7 Å². The number of nitrogens with two attached hydrogens (primary N) is 1. The number of nitrogens with one attached hydrogen (secondary N) is 1. The van der Waals surface area contributed by atoms with Crippen molar-refractivity contribution in [2.75, 3.05) is 6.54 Å². The molecule has 6 nitrogen and oxygen atoms in total. The number of aromatic nitrogens is 2. The Morgan fingerprint density at radius 2 is 2.21 bits per heavy atom. The van der Waals surface area contributed by atoms with Crippen LogP contribution in [0.2, 0.25) is 5.28 Å². The smallest absolute Gasteiger partial charge is 0.259 e. The van der Waals surface area contributed by atoms with Crippen LogP contribution in [0.25, 0.3) is 0 Å². The second kappa shape index (κ2) is 5.78. The lowest BCUT2D eigenvalue weighted by atomic mass is 9.85. The average Bonchev–Trinajstić information content (AvgIpc) is 2.71. The third-order valence-corrected chi connectivity index (χ3v) is 5.30. The van der Waals surface area contributed by atoms with Crippen LogP contribution in [-0.2, 0) is 17.1 Å². The Morgan fingerprint density at radius 1 is 1.53 bits per heavy atom. The van der Waals surface area contributed by atoms with E-state index in [9.17, 15) is 8.42 Å². The highest BCUT2D eigenvalue weighted by molar-refractivity contribution is 7.89. The van der Waals surface area contributed by atoms with Crippen LogP contribution in [0.5, 0.6) is 0 Å². The van der Waals surface area contributed by atoms with Gasteiger partial charge in [-0.3, -0.25) is 0 Å². The van der Waals surface area contributed by atoms with E-state index >= 15 is 0 Å². The maximum absolute atomic E-state index is 12.2. The first-order valence-electron chi connectivity index (χ1n) is 6.35. The summed E-state index contributed by atoms with van der Waals surface area (Å²) < 4.78 is 28.7. The Labute approximate surface area is 118 Å². The summed E-state index contributed by atoms with van der Waals surface area (Å²) in [5.41, 5.74) is 5.70. The summed E-state index contributed by atoms with van der Waals surface area (Å²) in [5, 5.41) is 0.112. The van der Waals surface area contributed by atoms with E-state index in [1.807, 2.05) is 0 Å². The fraction of sp³-hybridized carbons (Fsp3) is 0.727. The zero-order valence-electron chi connectivity index (χ0n) is 10.8. The molecule has 0 amide bonds. The molecule has 0 spiro atoms. The fourth-order valence-corrected chi connectivity index (χ4v) is 3.97. The van der Waals surface area contributed by atoms with Gasteiger partial charge in [0.15, 0.2) is 5.03 Å². The molecule has 3 N–H and O–H groups in total. The van der Waals surface area contributed by atoms with E-state index in [1.54, 1.807) is 7.05 Å². The Morgan fingerprint density at radius 3 is 2.79 bits per heavy atom. The van der Waals surface area contributed by atoms with Crippen LogP contribution in [-0.4, -0.2) is 30.6 Å².